The summed E-state index contributed by atoms with van der Waals surface area (Å²) < 4.78 is 27.6. The minimum atomic E-state index is 0. The molecule has 29 heavy (non-hydrogen) atoms. The second-order valence-corrected chi connectivity index (χ2v) is 6.55. The number of halogens is 1. The number of rotatable bonds is 7. The van der Waals surface area contributed by atoms with Gasteiger partial charge in [-0.25, -0.2) is 0 Å². The van der Waals surface area contributed by atoms with Gasteiger partial charge in [0.2, 0.25) is 0 Å². The zero-order chi connectivity index (χ0) is 20.3. The molecule has 0 aliphatic carbocycles. The van der Waals surface area contributed by atoms with Gasteiger partial charge in [0, 0.05) is 36.4 Å². The summed E-state index contributed by atoms with van der Waals surface area (Å²) in [4.78, 5) is 2.15. The lowest BCUT2D eigenvalue weighted by Crippen LogP contribution is -2.27. The van der Waals surface area contributed by atoms with Crippen molar-refractivity contribution in [2.75, 3.05) is 54.0 Å². The summed E-state index contributed by atoms with van der Waals surface area (Å²) in [5.41, 5.74) is 4.36. The number of allylic oxidation sites excluding steroid dienone is 1. The topological polar surface area (TPSA) is 49.4 Å². The average Bonchev–Trinajstić information content (AvgIpc) is 2.74. The highest BCUT2D eigenvalue weighted by Crippen LogP contribution is 2.43. The maximum Gasteiger partial charge on any atom is 0.162 e. The Morgan fingerprint density at radius 1 is 0.759 bits per heavy atom. The van der Waals surface area contributed by atoms with Crippen LogP contribution < -0.4 is 23.8 Å². The molecule has 0 saturated carbocycles. The molecule has 0 fully saturated rings. The molecule has 0 radical (unpaired) electrons. The van der Waals surface area contributed by atoms with Crippen LogP contribution >= 0.6 is 12.4 Å². The van der Waals surface area contributed by atoms with Crippen LogP contribution in [0.25, 0.3) is 5.57 Å². The van der Waals surface area contributed by atoms with Crippen molar-refractivity contribution in [2.45, 2.75) is 6.42 Å². The van der Waals surface area contributed by atoms with Crippen molar-refractivity contribution in [3.8, 4) is 23.0 Å². The predicted molar refractivity (Wildman–Crippen MR) is 117 cm³/mol. The zero-order valence-corrected chi connectivity index (χ0v) is 18.5. The number of hydrogen-bond acceptors (Lipinski definition) is 6. The highest BCUT2D eigenvalue weighted by molar-refractivity contribution is 5.85. The maximum atomic E-state index is 5.74. The number of ether oxygens (including phenoxy) is 5. The molecule has 1 aliphatic rings. The molecule has 0 saturated heterocycles. The third kappa shape index (κ3) is 4.32. The molecular formula is C22H28ClNO5. The molecule has 0 spiro atoms. The quantitative estimate of drug-likeness (QED) is 0.668. The predicted octanol–water partition coefficient (Wildman–Crippen LogP) is 4.19. The first kappa shape index (κ1) is 22.6. The zero-order valence-electron chi connectivity index (χ0n) is 17.7. The normalized spacial score (nSPS) is 12.7. The maximum absolute atomic E-state index is 5.74. The largest absolute Gasteiger partial charge is 0.499 e. The lowest BCUT2D eigenvalue weighted by Gasteiger charge is -2.32. The van der Waals surface area contributed by atoms with Gasteiger partial charge in [0.25, 0.3) is 0 Å². The Labute approximate surface area is 178 Å². The SMILES string of the molecule is COC1=C(Cc2ccc(OC)c(OC)c2)c2cc(OC)c(OC)cc2N(C)C1.Cl. The Balaban J connectivity index is 0.00000300. The summed E-state index contributed by atoms with van der Waals surface area (Å²) >= 11 is 0. The first-order valence-corrected chi connectivity index (χ1v) is 9.00. The third-order valence-electron chi connectivity index (χ3n) is 5.03. The van der Waals surface area contributed by atoms with E-state index >= 15 is 0 Å². The van der Waals surface area contributed by atoms with Crippen molar-refractivity contribution in [3.05, 3.63) is 47.2 Å². The second-order valence-electron chi connectivity index (χ2n) is 6.55. The van der Waals surface area contributed by atoms with E-state index in [1.807, 2.05) is 37.4 Å². The Bertz CT molecular complexity index is 897. The molecule has 6 nitrogen and oxygen atoms in total. The van der Waals surface area contributed by atoms with Crippen molar-refractivity contribution in [1.82, 2.24) is 0 Å². The molecule has 1 aliphatic heterocycles. The molecule has 7 heteroatoms. The second kappa shape index (κ2) is 9.65. The van der Waals surface area contributed by atoms with Crippen LogP contribution in [0.2, 0.25) is 0 Å². The number of methoxy groups -OCH3 is 5. The fraction of sp³-hybridized carbons (Fsp3) is 0.364. The fourth-order valence-corrected chi connectivity index (χ4v) is 3.55. The highest BCUT2D eigenvalue weighted by Gasteiger charge is 2.26. The molecule has 0 aromatic heterocycles. The molecule has 0 amide bonds. The van der Waals surface area contributed by atoms with E-state index in [4.69, 9.17) is 23.7 Å². The van der Waals surface area contributed by atoms with Gasteiger partial charge in [0.05, 0.1) is 42.1 Å². The molecule has 2 aromatic rings. The van der Waals surface area contributed by atoms with Crippen LogP contribution in [0.5, 0.6) is 23.0 Å². The number of likely N-dealkylation sites (N-methyl/N-ethyl adjacent to an activating group) is 1. The molecule has 0 atom stereocenters. The number of fused-ring (bicyclic) bond motifs is 1. The number of anilines is 1. The Morgan fingerprint density at radius 2 is 1.34 bits per heavy atom. The van der Waals surface area contributed by atoms with E-state index in [1.165, 1.54) is 0 Å². The van der Waals surface area contributed by atoms with E-state index in [9.17, 15) is 0 Å². The Hall–Kier alpha value is -2.73. The Morgan fingerprint density at radius 3 is 1.93 bits per heavy atom. The van der Waals surface area contributed by atoms with Crippen LogP contribution in [0, 0.1) is 0 Å². The van der Waals surface area contributed by atoms with E-state index < -0.39 is 0 Å². The molecule has 1 heterocycles. The standard InChI is InChI=1S/C22H27NO5.ClH/c1-23-13-22(28-6)16(9-14-7-8-18(24-2)19(10-14)25-3)15-11-20(26-4)21(27-5)12-17(15)23;/h7-8,10-12H,9,13H2,1-6H3;1H. The van der Waals surface area contributed by atoms with E-state index in [2.05, 4.69) is 4.90 Å². The number of hydrogen-bond donors (Lipinski definition) is 0. The van der Waals surface area contributed by atoms with Gasteiger partial charge in [0.15, 0.2) is 23.0 Å². The summed E-state index contributed by atoms with van der Waals surface area (Å²) in [6.07, 6.45) is 0.694. The van der Waals surface area contributed by atoms with Gasteiger partial charge in [-0.3, -0.25) is 0 Å². The van der Waals surface area contributed by atoms with Gasteiger partial charge in [-0.05, 0) is 23.8 Å². The van der Waals surface area contributed by atoms with Gasteiger partial charge in [-0.15, -0.1) is 12.4 Å². The smallest absolute Gasteiger partial charge is 0.162 e. The summed E-state index contributed by atoms with van der Waals surface area (Å²) in [5.74, 6) is 3.75. The van der Waals surface area contributed by atoms with Crippen molar-refractivity contribution >= 4 is 23.7 Å². The molecule has 158 valence electrons. The molecule has 2 aromatic carbocycles. The van der Waals surface area contributed by atoms with Crippen LogP contribution in [0.3, 0.4) is 0 Å². The Kier molecular flexibility index (Phi) is 7.51. The van der Waals surface area contributed by atoms with E-state index in [0.29, 0.717) is 36.0 Å². The van der Waals surface area contributed by atoms with Gasteiger partial charge in [-0.2, -0.15) is 0 Å². The summed E-state index contributed by atoms with van der Waals surface area (Å²) in [5, 5.41) is 0. The minimum absolute atomic E-state index is 0. The molecule has 0 N–H and O–H groups in total. The van der Waals surface area contributed by atoms with Crippen molar-refractivity contribution in [1.29, 1.82) is 0 Å². The van der Waals surface area contributed by atoms with Crippen molar-refractivity contribution in [3.63, 3.8) is 0 Å². The molecule has 3 rings (SSSR count). The number of nitrogens with zero attached hydrogens (tertiary/aromatic N) is 1. The molecular weight excluding hydrogens is 394 g/mol. The first-order valence-electron chi connectivity index (χ1n) is 9.00. The van der Waals surface area contributed by atoms with Gasteiger partial charge in [0.1, 0.15) is 5.76 Å². The van der Waals surface area contributed by atoms with Crippen LogP contribution in [-0.4, -0.2) is 49.1 Å². The van der Waals surface area contributed by atoms with Crippen LogP contribution in [0.15, 0.2) is 36.1 Å². The minimum Gasteiger partial charge on any atom is -0.499 e. The summed E-state index contributed by atoms with van der Waals surface area (Å²) in [7, 11) is 10.3. The first-order chi connectivity index (χ1) is 13.6. The highest BCUT2D eigenvalue weighted by atomic mass is 35.5. The van der Waals surface area contributed by atoms with Crippen molar-refractivity contribution in [2.24, 2.45) is 0 Å². The average molecular weight is 422 g/mol. The fourth-order valence-electron chi connectivity index (χ4n) is 3.55. The number of benzene rings is 2. The van der Waals surface area contributed by atoms with E-state index in [-0.39, 0.29) is 12.4 Å². The van der Waals surface area contributed by atoms with Gasteiger partial charge >= 0.3 is 0 Å². The van der Waals surface area contributed by atoms with Crippen LogP contribution in [-0.2, 0) is 11.2 Å². The molecule has 0 unspecified atom stereocenters. The lowest BCUT2D eigenvalue weighted by atomic mass is 9.92. The van der Waals surface area contributed by atoms with Crippen LogP contribution in [0.4, 0.5) is 5.69 Å². The van der Waals surface area contributed by atoms with Gasteiger partial charge < -0.3 is 28.6 Å². The van der Waals surface area contributed by atoms with Crippen molar-refractivity contribution < 1.29 is 23.7 Å². The summed E-state index contributed by atoms with van der Waals surface area (Å²) in [6.45, 7) is 0.682. The van der Waals surface area contributed by atoms with Gasteiger partial charge in [-0.1, -0.05) is 6.07 Å². The van der Waals surface area contributed by atoms with Crippen LogP contribution in [0.1, 0.15) is 11.1 Å². The van der Waals surface area contributed by atoms with E-state index in [1.54, 1.807) is 35.5 Å². The molecule has 0 bridgehead atoms. The lowest BCUT2D eigenvalue weighted by molar-refractivity contribution is 0.286. The summed E-state index contributed by atoms with van der Waals surface area (Å²) in [6, 6.07) is 9.98. The third-order valence-corrected chi connectivity index (χ3v) is 5.03. The van der Waals surface area contributed by atoms with E-state index in [0.717, 1.165) is 28.1 Å². The monoisotopic (exact) mass is 421 g/mol.